The molecule has 0 saturated carbocycles. The van der Waals surface area contributed by atoms with Crippen molar-refractivity contribution < 1.29 is 5.11 Å². The molecule has 1 unspecified atom stereocenters. The molecule has 0 aromatic carbocycles. The summed E-state index contributed by atoms with van der Waals surface area (Å²) in [6.07, 6.45) is 3.31. The van der Waals surface area contributed by atoms with E-state index in [1.165, 1.54) is 26.1 Å². The van der Waals surface area contributed by atoms with Gasteiger partial charge in [0.2, 0.25) is 0 Å². The number of hydrogen-bond donors (Lipinski definition) is 2. The number of likely N-dealkylation sites (tertiary alicyclic amines) is 1. The quantitative estimate of drug-likeness (QED) is 0.591. The molecule has 0 spiro atoms. The molecule has 1 heterocycles. The predicted octanol–water partition coefficient (Wildman–Crippen LogP) is 0.443. The van der Waals surface area contributed by atoms with E-state index in [0.29, 0.717) is 12.6 Å². The molecular weight excluding hydrogens is 164 g/mol. The Kier molecular flexibility index (Phi) is 5.35. The maximum Gasteiger partial charge on any atom is 0.0431 e. The van der Waals surface area contributed by atoms with Crippen molar-refractivity contribution in [1.29, 1.82) is 0 Å². The zero-order chi connectivity index (χ0) is 9.52. The fourth-order valence-electron chi connectivity index (χ4n) is 1.83. The first kappa shape index (κ1) is 11.0. The summed E-state index contributed by atoms with van der Waals surface area (Å²) in [5, 5.41) is 12.1. The lowest BCUT2D eigenvalue weighted by molar-refractivity contribution is 0.282. The first-order valence-electron chi connectivity index (χ1n) is 5.43. The molecule has 0 aliphatic carbocycles. The normalized spacial score (nSPS) is 24.0. The van der Waals surface area contributed by atoms with Crippen molar-refractivity contribution in [1.82, 2.24) is 10.2 Å². The number of rotatable bonds is 6. The molecule has 1 rings (SSSR count). The molecule has 3 nitrogen and oxygen atoms in total. The van der Waals surface area contributed by atoms with Crippen LogP contribution in [0, 0.1) is 0 Å². The predicted molar refractivity (Wildman–Crippen MR) is 54.8 cm³/mol. The summed E-state index contributed by atoms with van der Waals surface area (Å²) in [6, 6.07) is 0.693. The lowest BCUT2D eigenvalue weighted by Crippen LogP contribution is -2.33. The molecule has 1 atom stereocenters. The van der Waals surface area contributed by atoms with E-state index in [-0.39, 0.29) is 0 Å². The van der Waals surface area contributed by atoms with Crippen molar-refractivity contribution >= 4 is 0 Å². The third-order valence-corrected chi connectivity index (χ3v) is 2.74. The number of nitrogens with one attached hydrogen (secondary N) is 1. The summed E-state index contributed by atoms with van der Waals surface area (Å²) < 4.78 is 0. The van der Waals surface area contributed by atoms with E-state index < -0.39 is 0 Å². The van der Waals surface area contributed by atoms with E-state index in [1.807, 2.05) is 0 Å². The van der Waals surface area contributed by atoms with Gasteiger partial charge in [-0.3, -0.25) is 0 Å². The van der Waals surface area contributed by atoms with Crippen molar-refractivity contribution in [3.05, 3.63) is 0 Å². The van der Waals surface area contributed by atoms with Crippen LogP contribution in [-0.4, -0.2) is 48.8 Å². The molecule has 1 saturated heterocycles. The molecule has 3 heteroatoms. The van der Waals surface area contributed by atoms with Gasteiger partial charge in [0.25, 0.3) is 0 Å². The molecule has 13 heavy (non-hydrogen) atoms. The Labute approximate surface area is 81.1 Å². The van der Waals surface area contributed by atoms with Gasteiger partial charge in [0.1, 0.15) is 0 Å². The SMILES string of the molecule is CCN1CCC(NCCCCO)C1. The molecular formula is C10H22N2O. The minimum atomic E-state index is 0.327. The molecule has 2 N–H and O–H groups in total. The van der Waals surface area contributed by atoms with E-state index >= 15 is 0 Å². The monoisotopic (exact) mass is 186 g/mol. The second kappa shape index (κ2) is 6.35. The van der Waals surface area contributed by atoms with E-state index in [4.69, 9.17) is 5.11 Å². The summed E-state index contributed by atoms with van der Waals surface area (Å²) in [6.45, 7) is 7.23. The lowest BCUT2D eigenvalue weighted by Gasteiger charge is -2.14. The van der Waals surface area contributed by atoms with Gasteiger partial charge in [0.15, 0.2) is 0 Å². The molecule has 78 valence electrons. The second-order valence-electron chi connectivity index (χ2n) is 3.76. The van der Waals surface area contributed by atoms with Crippen LogP contribution in [0.25, 0.3) is 0 Å². The van der Waals surface area contributed by atoms with Gasteiger partial charge in [-0.2, -0.15) is 0 Å². The Morgan fingerprint density at radius 2 is 2.31 bits per heavy atom. The van der Waals surface area contributed by atoms with Crippen LogP contribution >= 0.6 is 0 Å². The van der Waals surface area contributed by atoms with E-state index in [9.17, 15) is 0 Å². The minimum Gasteiger partial charge on any atom is -0.396 e. The van der Waals surface area contributed by atoms with Gasteiger partial charge in [-0.05, 0) is 38.9 Å². The Balaban J connectivity index is 1.97. The van der Waals surface area contributed by atoms with Crippen molar-refractivity contribution in [3.8, 4) is 0 Å². The molecule has 0 aromatic heterocycles. The van der Waals surface area contributed by atoms with Gasteiger partial charge >= 0.3 is 0 Å². The maximum absolute atomic E-state index is 8.60. The van der Waals surface area contributed by atoms with Gasteiger partial charge in [-0.1, -0.05) is 6.92 Å². The van der Waals surface area contributed by atoms with E-state index in [2.05, 4.69) is 17.1 Å². The lowest BCUT2D eigenvalue weighted by atomic mass is 10.2. The second-order valence-corrected chi connectivity index (χ2v) is 3.76. The van der Waals surface area contributed by atoms with Crippen LogP contribution in [0.3, 0.4) is 0 Å². The van der Waals surface area contributed by atoms with Crippen molar-refractivity contribution in [2.75, 3.05) is 32.8 Å². The van der Waals surface area contributed by atoms with Crippen LogP contribution in [-0.2, 0) is 0 Å². The highest BCUT2D eigenvalue weighted by molar-refractivity contribution is 4.79. The molecule has 1 aliphatic rings. The highest BCUT2D eigenvalue weighted by atomic mass is 16.2. The molecule has 1 fully saturated rings. The first-order chi connectivity index (χ1) is 6.36. The smallest absolute Gasteiger partial charge is 0.0431 e. The van der Waals surface area contributed by atoms with E-state index in [1.54, 1.807) is 0 Å². The number of aliphatic hydroxyl groups excluding tert-OH is 1. The Morgan fingerprint density at radius 3 is 2.92 bits per heavy atom. The summed E-state index contributed by atoms with van der Waals surface area (Å²) in [7, 11) is 0. The van der Waals surface area contributed by atoms with Gasteiger partial charge in [-0.25, -0.2) is 0 Å². The van der Waals surface area contributed by atoms with Crippen molar-refractivity contribution in [3.63, 3.8) is 0 Å². The zero-order valence-electron chi connectivity index (χ0n) is 8.63. The zero-order valence-corrected chi connectivity index (χ0v) is 8.63. The molecule has 0 bridgehead atoms. The Bertz CT molecular complexity index is 130. The first-order valence-corrected chi connectivity index (χ1v) is 5.43. The van der Waals surface area contributed by atoms with Crippen LogP contribution in [0.4, 0.5) is 0 Å². The van der Waals surface area contributed by atoms with Crippen LogP contribution in [0.2, 0.25) is 0 Å². The minimum absolute atomic E-state index is 0.327. The summed E-state index contributed by atoms with van der Waals surface area (Å²) >= 11 is 0. The maximum atomic E-state index is 8.60. The standard InChI is InChI=1S/C10H22N2O/c1-2-12-7-5-10(9-12)11-6-3-4-8-13/h10-11,13H,2-9H2,1H3. The number of likely N-dealkylation sites (N-methyl/N-ethyl adjacent to an activating group) is 1. The number of aliphatic hydroxyl groups is 1. The molecule has 1 aliphatic heterocycles. The molecule has 0 amide bonds. The molecule has 0 aromatic rings. The van der Waals surface area contributed by atoms with Crippen LogP contribution in [0.1, 0.15) is 26.2 Å². The van der Waals surface area contributed by atoms with Crippen LogP contribution in [0.5, 0.6) is 0 Å². The topological polar surface area (TPSA) is 35.5 Å². The van der Waals surface area contributed by atoms with Gasteiger partial charge in [-0.15, -0.1) is 0 Å². The van der Waals surface area contributed by atoms with Crippen LogP contribution in [0.15, 0.2) is 0 Å². The Hall–Kier alpha value is -0.120. The summed E-state index contributed by atoms with van der Waals surface area (Å²) in [5.41, 5.74) is 0. The van der Waals surface area contributed by atoms with Gasteiger partial charge < -0.3 is 15.3 Å². The van der Waals surface area contributed by atoms with Crippen molar-refractivity contribution in [2.24, 2.45) is 0 Å². The average Bonchev–Trinajstić information content (AvgIpc) is 2.60. The highest BCUT2D eigenvalue weighted by Gasteiger charge is 2.19. The average molecular weight is 186 g/mol. The van der Waals surface area contributed by atoms with Gasteiger partial charge in [0, 0.05) is 19.2 Å². The van der Waals surface area contributed by atoms with Gasteiger partial charge in [0.05, 0.1) is 0 Å². The summed E-state index contributed by atoms with van der Waals surface area (Å²) in [5.74, 6) is 0. The third kappa shape index (κ3) is 4.07. The van der Waals surface area contributed by atoms with E-state index in [0.717, 1.165) is 19.4 Å². The Morgan fingerprint density at radius 1 is 1.46 bits per heavy atom. The number of nitrogens with zero attached hydrogens (tertiary/aromatic N) is 1. The van der Waals surface area contributed by atoms with Crippen molar-refractivity contribution in [2.45, 2.75) is 32.2 Å². The molecule has 0 radical (unpaired) electrons. The fourth-order valence-corrected chi connectivity index (χ4v) is 1.83. The van der Waals surface area contributed by atoms with Crippen LogP contribution < -0.4 is 5.32 Å². The number of unbranched alkanes of at least 4 members (excludes halogenated alkanes) is 1. The highest BCUT2D eigenvalue weighted by Crippen LogP contribution is 2.07. The largest absolute Gasteiger partial charge is 0.396 e. The number of hydrogen-bond acceptors (Lipinski definition) is 3. The summed E-state index contributed by atoms with van der Waals surface area (Å²) in [4.78, 5) is 2.48. The fraction of sp³-hybridized carbons (Fsp3) is 1.00. The third-order valence-electron chi connectivity index (χ3n) is 2.74.